The van der Waals surface area contributed by atoms with E-state index in [4.69, 9.17) is 14.6 Å². The lowest BCUT2D eigenvalue weighted by Crippen LogP contribution is -2.41. The predicted molar refractivity (Wildman–Crippen MR) is 88.2 cm³/mol. The summed E-state index contributed by atoms with van der Waals surface area (Å²) in [5.41, 5.74) is -0.341. The zero-order chi connectivity index (χ0) is 17.7. The first-order valence-corrected chi connectivity index (χ1v) is 8.03. The summed E-state index contributed by atoms with van der Waals surface area (Å²) >= 11 is 0. The van der Waals surface area contributed by atoms with E-state index in [1.807, 2.05) is 27.7 Å². The lowest BCUT2D eigenvalue weighted by atomic mass is 9.79. The van der Waals surface area contributed by atoms with Crippen molar-refractivity contribution in [1.82, 2.24) is 0 Å². The Kier molecular flexibility index (Phi) is 3.93. The van der Waals surface area contributed by atoms with Gasteiger partial charge in [0, 0.05) is 6.42 Å². The molecule has 7 heteroatoms. The molecule has 3 rings (SSSR count). The highest BCUT2D eigenvalue weighted by molar-refractivity contribution is 6.62. The highest BCUT2D eigenvalue weighted by Gasteiger charge is 2.51. The fraction of sp³-hybridized carbons (Fsp3) is 0.529. The minimum Gasteiger partial charge on any atom is -0.399 e. The van der Waals surface area contributed by atoms with Crippen LogP contribution in [0.5, 0.6) is 0 Å². The molecular formula is C17H20BFN2O3. The second kappa shape index (κ2) is 5.57. The molecule has 2 fully saturated rings. The van der Waals surface area contributed by atoms with E-state index in [1.165, 1.54) is 17.0 Å². The van der Waals surface area contributed by atoms with Crippen LogP contribution in [0.1, 0.15) is 40.5 Å². The number of nitriles is 1. The molecule has 1 aromatic carbocycles. The molecule has 0 aliphatic carbocycles. The number of rotatable bonds is 2. The molecule has 2 saturated heterocycles. The van der Waals surface area contributed by atoms with Crippen molar-refractivity contribution in [2.75, 3.05) is 4.90 Å². The van der Waals surface area contributed by atoms with Gasteiger partial charge in [-0.2, -0.15) is 5.26 Å². The minimum absolute atomic E-state index is 0.129. The highest BCUT2D eigenvalue weighted by Crippen LogP contribution is 2.37. The molecule has 2 aliphatic heterocycles. The molecule has 0 radical (unpaired) electrons. The molecule has 0 bridgehead atoms. The monoisotopic (exact) mass is 330 g/mol. The first-order chi connectivity index (χ1) is 11.2. The van der Waals surface area contributed by atoms with Crippen molar-refractivity contribution in [3.8, 4) is 6.07 Å². The summed E-state index contributed by atoms with van der Waals surface area (Å²) in [6.45, 7) is 7.71. The second-order valence-electron chi connectivity index (χ2n) is 7.25. The topological polar surface area (TPSA) is 62.6 Å². The van der Waals surface area contributed by atoms with E-state index in [1.54, 1.807) is 6.07 Å². The van der Waals surface area contributed by atoms with Crippen LogP contribution in [0.2, 0.25) is 0 Å². The Labute approximate surface area is 141 Å². The van der Waals surface area contributed by atoms with Crippen molar-refractivity contribution < 1.29 is 18.5 Å². The van der Waals surface area contributed by atoms with Crippen LogP contribution < -0.4 is 10.4 Å². The number of benzene rings is 1. The summed E-state index contributed by atoms with van der Waals surface area (Å²) in [5, 5.41) is 9.14. The SMILES string of the molecule is CC1(C)OB(c2ccc(N3C(=O)CC[C@H]3C#N)c(F)c2)OC1(C)C. The van der Waals surface area contributed by atoms with E-state index < -0.39 is 30.2 Å². The largest absolute Gasteiger partial charge is 0.494 e. The highest BCUT2D eigenvalue weighted by atomic mass is 19.1. The van der Waals surface area contributed by atoms with Gasteiger partial charge in [0.15, 0.2) is 0 Å². The molecule has 5 nitrogen and oxygen atoms in total. The molecule has 126 valence electrons. The normalized spacial score (nSPS) is 25.2. The van der Waals surface area contributed by atoms with E-state index in [9.17, 15) is 9.18 Å². The molecule has 24 heavy (non-hydrogen) atoms. The zero-order valence-electron chi connectivity index (χ0n) is 14.3. The summed E-state index contributed by atoms with van der Waals surface area (Å²) in [6.07, 6.45) is 0.685. The lowest BCUT2D eigenvalue weighted by Gasteiger charge is -2.32. The Hall–Kier alpha value is -1.91. The van der Waals surface area contributed by atoms with E-state index in [2.05, 4.69) is 6.07 Å². The number of carbonyl (C=O) groups excluding carboxylic acids is 1. The molecule has 1 aromatic rings. The third-order valence-electron chi connectivity index (χ3n) is 5.12. The van der Waals surface area contributed by atoms with E-state index >= 15 is 0 Å². The van der Waals surface area contributed by atoms with Crippen LogP contribution in [-0.4, -0.2) is 30.3 Å². The van der Waals surface area contributed by atoms with Gasteiger partial charge in [-0.05, 0) is 51.7 Å². The standard InChI is InChI=1S/C17H20BFN2O3/c1-16(2)17(3,4)24-18(23-16)11-5-7-14(13(19)9-11)21-12(10-20)6-8-15(21)22/h5,7,9,12H,6,8H2,1-4H3/t12-/m0/s1. The number of hydrogen-bond acceptors (Lipinski definition) is 4. The maximum atomic E-state index is 14.6. The fourth-order valence-electron chi connectivity index (χ4n) is 2.95. The van der Waals surface area contributed by atoms with Gasteiger partial charge in [0.05, 0.1) is 23.0 Å². The van der Waals surface area contributed by atoms with E-state index in [0.29, 0.717) is 11.9 Å². The molecule has 0 spiro atoms. The van der Waals surface area contributed by atoms with Gasteiger partial charge in [0.2, 0.25) is 5.91 Å². The third kappa shape index (κ3) is 2.60. The Morgan fingerprint density at radius 2 is 1.92 bits per heavy atom. The summed E-state index contributed by atoms with van der Waals surface area (Å²) in [5.74, 6) is -0.790. The molecular weight excluding hydrogens is 310 g/mol. The quantitative estimate of drug-likeness (QED) is 0.780. The Morgan fingerprint density at radius 3 is 2.46 bits per heavy atom. The van der Waals surface area contributed by atoms with Gasteiger partial charge in [-0.1, -0.05) is 6.07 Å². The van der Waals surface area contributed by atoms with Gasteiger partial charge in [0.1, 0.15) is 11.9 Å². The number of anilines is 1. The molecule has 1 amide bonds. The summed E-state index contributed by atoms with van der Waals surface area (Å²) in [7, 11) is -0.667. The van der Waals surface area contributed by atoms with Gasteiger partial charge in [-0.15, -0.1) is 0 Å². The van der Waals surface area contributed by atoms with Crippen molar-refractivity contribution in [3.63, 3.8) is 0 Å². The Balaban J connectivity index is 1.89. The number of carbonyl (C=O) groups is 1. The van der Waals surface area contributed by atoms with Crippen LogP contribution in [-0.2, 0) is 14.1 Å². The van der Waals surface area contributed by atoms with Crippen molar-refractivity contribution in [1.29, 1.82) is 5.26 Å². The molecule has 0 N–H and O–H groups in total. The van der Waals surface area contributed by atoms with Gasteiger partial charge >= 0.3 is 7.12 Å². The number of amides is 1. The summed E-state index contributed by atoms with van der Waals surface area (Å²) < 4.78 is 26.4. The van der Waals surface area contributed by atoms with Crippen molar-refractivity contribution in [2.24, 2.45) is 0 Å². The van der Waals surface area contributed by atoms with Crippen LogP contribution in [0.4, 0.5) is 10.1 Å². The van der Waals surface area contributed by atoms with Crippen LogP contribution >= 0.6 is 0 Å². The van der Waals surface area contributed by atoms with Crippen molar-refractivity contribution in [2.45, 2.75) is 57.8 Å². The Morgan fingerprint density at radius 1 is 1.29 bits per heavy atom. The Bertz CT molecular complexity index is 713. The molecule has 2 heterocycles. The van der Waals surface area contributed by atoms with Crippen LogP contribution in [0.25, 0.3) is 0 Å². The number of nitrogens with zero attached hydrogens (tertiary/aromatic N) is 2. The van der Waals surface area contributed by atoms with Gasteiger partial charge in [-0.3, -0.25) is 9.69 Å². The van der Waals surface area contributed by atoms with Crippen LogP contribution in [0.15, 0.2) is 18.2 Å². The maximum Gasteiger partial charge on any atom is 0.494 e. The zero-order valence-corrected chi connectivity index (χ0v) is 14.3. The van der Waals surface area contributed by atoms with E-state index in [-0.39, 0.29) is 18.0 Å². The van der Waals surface area contributed by atoms with Gasteiger partial charge in [-0.25, -0.2) is 4.39 Å². The first kappa shape index (κ1) is 16.9. The van der Waals surface area contributed by atoms with E-state index in [0.717, 1.165) is 0 Å². The van der Waals surface area contributed by atoms with Crippen LogP contribution in [0, 0.1) is 17.1 Å². The van der Waals surface area contributed by atoms with Crippen molar-refractivity contribution in [3.05, 3.63) is 24.0 Å². The van der Waals surface area contributed by atoms with Gasteiger partial charge in [0.25, 0.3) is 0 Å². The predicted octanol–water partition coefficient (Wildman–Crippen LogP) is 2.14. The summed E-state index contributed by atoms with van der Waals surface area (Å²) in [4.78, 5) is 13.2. The molecule has 0 unspecified atom stereocenters. The maximum absolute atomic E-state index is 14.6. The van der Waals surface area contributed by atoms with Crippen molar-refractivity contribution >= 4 is 24.2 Å². The first-order valence-electron chi connectivity index (χ1n) is 8.03. The lowest BCUT2D eigenvalue weighted by molar-refractivity contribution is -0.117. The smallest absolute Gasteiger partial charge is 0.399 e. The molecule has 0 aromatic heterocycles. The second-order valence-corrected chi connectivity index (χ2v) is 7.25. The molecule has 1 atom stereocenters. The molecule has 2 aliphatic rings. The number of hydrogen-bond donors (Lipinski definition) is 0. The average Bonchev–Trinajstić information content (AvgIpc) is 2.96. The molecule has 0 saturated carbocycles. The minimum atomic E-state index is -0.667. The van der Waals surface area contributed by atoms with Gasteiger partial charge < -0.3 is 9.31 Å². The number of halogens is 1. The third-order valence-corrected chi connectivity index (χ3v) is 5.12. The fourth-order valence-corrected chi connectivity index (χ4v) is 2.95. The van der Waals surface area contributed by atoms with Crippen LogP contribution in [0.3, 0.4) is 0 Å². The summed E-state index contributed by atoms with van der Waals surface area (Å²) in [6, 6.07) is 5.95. The average molecular weight is 330 g/mol.